The van der Waals surface area contributed by atoms with Gasteiger partial charge in [-0.15, -0.1) is 0 Å². The van der Waals surface area contributed by atoms with Crippen LogP contribution in [0.5, 0.6) is 0 Å². The summed E-state index contributed by atoms with van der Waals surface area (Å²) in [7, 11) is 0. The van der Waals surface area contributed by atoms with Gasteiger partial charge < -0.3 is 10.4 Å². The summed E-state index contributed by atoms with van der Waals surface area (Å²) in [4.78, 5) is 22.7. The third kappa shape index (κ3) is 5.73. The van der Waals surface area contributed by atoms with Crippen LogP contribution in [0, 0.1) is 0 Å². The molecule has 21 heavy (non-hydrogen) atoms. The Morgan fingerprint density at radius 1 is 1.24 bits per heavy atom. The minimum atomic E-state index is -4.95. The molecule has 0 aliphatic heterocycles. The fraction of sp³-hybridized carbons (Fsp3) is 0.385. The SMILES string of the molecule is O=C(NCCCC(=O)C(O)C(F)(F)F)c1ccc(Cl)cc1. The van der Waals surface area contributed by atoms with Crippen LogP contribution in [0.25, 0.3) is 0 Å². The Morgan fingerprint density at radius 2 is 1.81 bits per heavy atom. The molecule has 116 valence electrons. The van der Waals surface area contributed by atoms with Crippen molar-refractivity contribution in [2.24, 2.45) is 0 Å². The topological polar surface area (TPSA) is 66.4 Å². The molecule has 0 aliphatic rings. The van der Waals surface area contributed by atoms with Crippen molar-refractivity contribution >= 4 is 23.3 Å². The average Bonchev–Trinajstić information content (AvgIpc) is 2.42. The summed E-state index contributed by atoms with van der Waals surface area (Å²) in [5.41, 5.74) is 0.348. The van der Waals surface area contributed by atoms with Crippen LogP contribution in [-0.2, 0) is 4.79 Å². The number of ketones is 1. The van der Waals surface area contributed by atoms with Crippen LogP contribution < -0.4 is 5.32 Å². The van der Waals surface area contributed by atoms with E-state index in [-0.39, 0.29) is 13.0 Å². The largest absolute Gasteiger partial charge is 0.421 e. The lowest BCUT2D eigenvalue weighted by molar-refractivity contribution is -0.203. The molecule has 0 saturated heterocycles. The maximum Gasteiger partial charge on any atom is 0.421 e. The first kappa shape index (κ1) is 17.5. The number of rotatable bonds is 6. The van der Waals surface area contributed by atoms with Crippen LogP contribution in [0.2, 0.25) is 5.02 Å². The molecule has 0 radical (unpaired) electrons. The summed E-state index contributed by atoms with van der Waals surface area (Å²) in [5.74, 6) is -1.74. The van der Waals surface area contributed by atoms with E-state index in [0.29, 0.717) is 10.6 Å². The molecular formula is C13H13ClF3NO3. The average molecular weight is 324 g/mol. The molecule has 0 aromatic heterocycles. The van der Waals surface area contributed by atoms with Gasteiger partial charge in [0.15, 0.2) is 5.78 Å². The zero-order valence-electron chi connectivity index (χ0n) is 10.8. The van der Waals surface area contributed by atoms with Gasteiger partial charge in [0.05, 0.1) is 0 Å². The summed E-state index contributed by atoms with van der Waals surface area (Å²) < 4.78 is 36.1. The lowest BCUT2D eigenvalue weighted by atomic mass is 10.1. The van der Waals surface area contributed by atoms with Crippen molar-refractivity contribution in [3.05, 3.63) is 34.9 Å². The quantitative estimate of drug-likeness (QED) is 0.790. The van der Waals surface area contributed by atoms with Gasteiger partial charge in [0.1, 0.15) is 0 Å². The highest BCUT2D eigenvalue weighted by atomic mass is 35.5. The van der Waals surface area contributed by atoms with E-state index in [9.17, 15) is 22.8 Å². The van der Waals surface area contributed by atoms with Crippen molar-refractivity contribution in [2.45, 2.75) is 25.1 Å². The summed E-state index contributed by atoms with van der Waals surface area (Å²) in [6, 6.07) is 6.05. The van der Waals surface area contributed by atoms with Gasteiger partial charge in [-0.2, -0.15) is 13.2 Å². The molecule has 1 aromatic rings. The summed E-state index contributed by atoms with van der Waals surface area (Å²) in [5, 5.41) is 11.6. The fourth-order valence-corrected chi connectivity index (χ4v) is 1.61. The monoisotopic (exact) mass is 323 g/mol. The Kier molecular flexibility index (Phi) is 6.17. The smallest absolute Gasteiger partial charge is 0.377 e. The molecule has 0 fully saturated rings. The first-order valence-corrected chi connectivity index (χ1v) is 6.41. The van der Waals surface area contributed by atoms with Gasteiger partial charge >= 0.3 is 6.18 Å². The number of alkyl halides is 3. The first-order chi connectivity index (χ1) is 9.71. The second-order valence-corrected chi connectivity index (χ2v) is 4.71. The number of carbonyl (C=O) groups is 2. The van der Waals surface area contributed by atoms with Gasteiger partial charge in [-0.3, -0.25) is 9.59 Å². The number of halogens is 4. The number of nitrogens with one attached hydrogen (secondary N) is 1. The Morgan fingerprint density at radius 3 is 2.33 bits per heavy atom. The van der Waals surface area contributed by atoms with E-state index in [1.807, 2.05) is 0 Å². The molecule has 2 N–H and O–H groups in total. The predicted molar refractivity (Wildman–Crippen MR) is 70.1 cm³/mol. The van der Waals surface area contributed by atoms with Gasteiger partial charge in [0.2, 0.25) is 6.10 Å². The molecule has 1 amide bonds. The maximum atomic E-state index is 12.0. The van der Waals surface area contributed by atoms with Crippen molar-refractivity contribution in [3.8, 4) is 0 Å². The van der Waals surface area contributed by atoms with Gasteiger partial charge in [-0.05, 0) is 30.7 Å². The Labute approximate surface area is 123 Å². The maximum absolute atomic E-state index is 12.0. The van der Waals surface area contributed by atoms with Crippen molar-refractivity contribution in [1.82, 2.24) is 5.32 Å². The summed E-state index contributed by atoms with van der Waals surface area (Å²) >= 11 is 5.66. The standard InChI is InChI=1S/C13H13ClF3NO3/c14-9-5-3-8(4-6-9)12(21)18-7-1-2-10(19)11(20)13(15,16)17/h3-6,11,20H,1-2,7H2,(H,18,21). The lowest BCUT2D eigenvalue weighted by Crippen LogP contribution is -2.36. The first-order valence-electron chi connectivity index (χ1n) is 6.03. The Hall–Kier alpha value is -1.60. The second kappa shape index (κ2) is 7.42. The third-order valence-electron chi connectivity index (χ3n) is 2.61. The number of Topliss-reactive ketones (excluding diaryl/α,β-unsaturated/α-hetero) is 1. The van der Waals surface area contributed by atoms with Crippen LogP contribution in [0.1, 0.15) is 23.2 Å². The molecule has 1 aromatic carbocycles. The van der Waals surface area contributed by atoms with E-state index >= 15 is 0 Å². The summed E-state index contributed by atoms with van der Waals surface area (Å²) in [6.45, 7) is 0.0256. The number of hydrogen-bond acceptors (Lipinski definition) is 3. The molecular weight excluding hydrogens is 311 g/mol. The van der Waals surface area contributed by atoms with Crippen LogP contribution in [0.4, 0.5) is 13.2 Å². The minimum Gasteiger partial charge on any atom is -0.377 e. The predicted octanol–water partition coefficient (Wildman–Crippen LogP) is 2.34. The summed E-state index contributed by atoms with van der Waals surface area (Å²) in [6.07, 6.45) is -8.39. The van der Waals surface area contributed by atoms with Gasteiger partial charge in [0.25, 0.3) is 5.91 Å². The van der Waals surface area contributed by atoms with Crippen molar-refractivity contribution in [2.75, 3.05) is 6.54 Å². The number of amides is 1. The molecule has 4 nitrogen and oxygen atoms in total. The molecule has 0 bridgehead atoms. The van der Waals surface area contributed by atoms with E-state index < -0.39 is 30.4 Å². The number of aliphatic hydroxyl groups excluding tert-OH is 1. The van der Waals surface area contributed by atoms with E-state index in [4.69, 9.17) is 16.7 Å². The van der Waals surface area contributed by atoms with E-state index in [2.05, 4.69) is 5.32 Å². The highest BCUT2D eigenvalue weighted by Crippen LogP contribution is 2.21. The number of benzene rings is 1. The van der Waals surface area contributed by atoms with Gasteiger partial charge in [-0.1, -0.05) is 11.6 Å². The second-order valence-electron chi connectivity index (χ2n) is 4.28. The molecule has 0 aliphatic carbocycles. The van der Waals surface area contributed by atoms with E-state index in [1.165, 1.54) is 24.3 Å². The Bertz CT molecular complexity index is 502. The molecule has 1 rings (SSSR count). The zero-order chi connectivity index (χ0) is 16.0. The number of carbonyl (C=O) groups excluding carboxylic acids is 2. The van der Waals surface area contributed by atoms with Crippen LogP contribution >= 0.6 is 11.6 Å². The van der Waals surface area contributed by atoms with Crippen molar-refractivity contribution in [3.63, 3.8) is 0 Å². The molecule has 1 atom stereocenters. The molecule has 1 unspecified atom stereocenters. The molecule has 0 heterocycles. The van der Waals surface area contributed by atoms with E-state index in [0.717, 1.165) is 0 Å². The lowest BCUT2D eigenvalue weighted by Gasteiger charge is -2.13. The Balaban J connectivity index is 2.33. The van der Waals surface area contributed by atoms with Crippen LogP contribution in [-0.4, -0.2) is 35.6 Å². The fourth-order valence-electron chi connectivity index (χ4n) is 1.49. The number of aliphatic hydroxyl groups is 1. The highest BCUT2D eigenvalue weighted by Gasteiger charge is 2.42. The minimum absolute atomic E-state index is 0.00526. The highest BCUT2D eigenvalue weighted by molar-refractivity contribution is 6.30. The number of hydrogen-bond donors (Lipinski definition) is 2. The normalized spacial score (nSPS) is 12.8. The van der Waals surface area contributed by atoms with Gasteiger partial charge in [0, 0.05) is 23.6 Å². The molecule has 0 saturated carbocycles. The van der Waals surface area contributed by atoms with Crippen LogP contribution in [0.15, 0.2) is 24.3 Å². The van der Waals surface area contributed by atoms with Crippen molar-refractivity contribution in [1.29, 1.82) is 0 Å². The van der Waals surface area contributed by atoms with Gasteiger partial charge in [-0.25, -0.2) is 0 Å². The van der Waals surface area contributed by atoms with E-state index in [1.54, 1.807) is 0 Å². The van der Waals surface area contributed by atoms with Crippen LogP contribution in [0.3, 0.4) is 0 Å². The zero-order valence-corrected chi connectivity index (χ0v) is 11.5. The third-order valence-corrected chi connectivity index (χ3v) is 2.86. The molecule has 8 heteroatoms. The molecule has 0 spiro atoms. The van der Waals surface area contributed by atoms with Crippen molar-refractivity contribution < 1.29 is 27.9 Å².